The molecule has 0 aliphatic carbocycles. The van der Waals surface area contributed by atoms with E-state index in [0.29, 0.717) is 36.4 Å². The molecule has 0 amide bonds. The lowest BCUT2D eigenvalue weighted by molar-refractivity contribution is 0.273. The van der Waals surface area contributed by atoms with E-state index in [1.165, 1.54) is 11.6 Å². The zero-order valence-corrected chi connectivity index (χ0v) is 16.5. The van der Waals surface area contributed by atoms with Gasteiger partial charge in [-0.05, 0) is 55.9 Å². The number of rotatable bonds is 6. The third-order valence-corrected chi connectivity index (χ3v) is 6.97. The average molecular weight is 394 g/mol. The van der Waals surface area contributed by atoms with E-state index in [4.69, 9.17) is 16.3 Å². The summed E-state index contributed by atoms with van der Waals surface area (Å²) in [4.78, 5) is 0.229. The summed E-state index contributed by atoms with van der Waals surface area (Å²) < 4.78 is 32.8. The first-order chi connectivity index (χ1) is 12.5. The van der Waals surface area contributed by atoms with E-state index in [-0.39, 0.29) is 4.90 Å². The number of benzene rings is 2. The summed E-state index contributed by atoms with van der Waals surface area (Å²) in [5.74, 6) is 1.03. The van der Waals surface area contributed by atoms with E-state index in [1.807, 2.05) is 25.1 Å². The molecule has 2 aromatic rings. The topological polar surface area (TPSA) is 46.6 Å². The third kappa shape index (κ3) is 4.40. The lowest BCUT2D eigenvalue weighted by Gasteiger charge is -2.31. The number of piperidine rings is 1. The van der Waals surface area contributed by atoms with Gasteiger partial charge in [0, 0.05) is 13.1 Å². The number of hydrogen-bond acceptors (Lipinski definition) is 3. The van der Waals surface area contributed by atoms with Gasteiger partial charge >= 0.3 is 0 Å². The van der Waals surface area contributed by atoms with Crippen molar-refractivity contribution in [1.29, 1.82) is 0 Å². The first kappa shape index (κ1) is 19.2. The Morgan fingerprint density at radius 3 is 2.42 bits per heavy atom. The Morgan fingerprint density at radius 1 is 1.12 bits per heavy atom. The molecule has 6 heteroatoms. The normalized spacial score (nSPS) is 16.5. The van der Waals surface area contributed by atoms with Crippen LogP contribution in [0.15, 0.2) is 53.4 Å². The van der Waals surface area contributed by atoms with Crippen LogP contribution < -0.4 is 4.74 Å². The molecular weight excluding hydrogens is 370 g/mol. The first-order valence-corrected chi connectivity index (χ1v) is 10.8. The highest BCUT2D eigenvalue weighted by Gasteiger charge is 2.29. The van der Waals surface area contributed by atoms with Crippen molar-refractivity contribution in [2.75, 3.05) is 19.7 Å². The maximum Gasteiger partial charge on any atom is 0.243 e. The highest BCUT2D eigenvalue weighted by Crippen LogP contribution is 2.31. The molecule has 1 saturated heterocycles. The van der Waals surface area contributed by atoms with Gasteiger partial charge in [0.05, 0.1) is 16.5 Å². The van der Waals surface area contributed by atoms with Crippen LogP contribution in [-0.2, 0) is 16.4 Å². The maximum atomic E-state index is 12.9. The van der Waals surface area contributed by atoms with Crippen LogP contribution in [0, 0.1) is 5.92 Å². The van der Waals surface area contributed by atoms with E-state index in [2.05, 4.69) is 12.1 Å². The number of halogens is 1. The Hall–Kier alpha value is -1.56. The highest BCUT2D eigenvalue weighted by molar-refractivity contribution is 7.89. The van der Waals surface area contributed by atoms with Gasteiger partial charge in [0.25, 0.3) is 0 Å². The minimum Gasteiger partial charge on any atom is -0.492 e. The molecule has 1 aliphatic rings. The minimum absolute atomic E-state index is 0.229. The van der Waals surface area contributed by atoms with Crippen molar-refractivity contribution in [3.8, 4) is 5.75 Å². The lowest BCUT2D eigenvalue weighted by Crippen LogP contribution is -2.38. The van der Waals surface area contributed by atoms with Crippen LogP contribution in [0.25, 0.3) is 0 Å². The molecule has 2 aromatic carbocycles. The van der Waals surface area contributed by atoms with Gasteiger partial charge in [0.2, 0.25) is 10.0 Å². The molecule has 26 heavy (non-hydrogen) atoms. The van der Waals surface area contributed by atoms with Crippen molar-refractivity contribution < 1.29 is 13.2 Å². The third-order valence-electron chi connectivity index (χ3n) is 4.78. The van der Waals surface area contributed by atoms with Crippen LogP contribution in [0.5, 0.6) is 5.75 Å². The fourth-order valence-corrected chi connectivity index (χ4v) is 5.16. The first-order valence-electron chi connectivity index (χ1n) is 8.97. The lowest BCUT2D eigenvalue weighted by atomic mass is 9.91. The second-order valence-corrected chi connectivity index (χ2v) is 8.91. The zero-order valence-electron chi connectivity index (χ0n) is 14.9. The molecule has 1 fully saturated rings. The van der Waals surface area contributed by atoms with Crippen molar-refractivity contribution in [3.63, 3.8) is 0 Å². The number of nitrogens with zero attached hydrogens (tertiary/aromatic N) is 1. The largest absolute Gasteiger partial charge is 0.492 e. The van der Waals surface area contributed by atoms with Crippen LogP contribution >= 0.6 is 11.6 Å². The van der Waals surface area contributed by atoms with E-state index in [9.17, 15) is 8.42 Å². The molecule has 3 rings (SSSR count). The Bertz CT molecular complexity index is 831. The van der Waals surface area contributed by atoms with Gasteiger partial charge < -0.3 is 4.74 Å². The summed E-state index contributed by atoms with van der Waals surface area (Å²) >= 11 is 6.16. The molecule has 140 valence electrons. The number of sulfonamides is 1. The molecule has 4 nitrogen and oxygen atoms in total. The summed E-state index contributed by atoms with van der Waals surface area (Å²) in [5, 5.41) is 0.326. The van der Waals surface area contributed by atoms with E-state index in [0.717, 1.165) is 19.3 Å². The molecule has 0 bridgehead atoms. The van der Waals surface area contributed by atoms with Gasteiger partial charge in [-0.2, -0.15) is 4.31 Å². The van der Waals surface area contributed by atoms with Crippen LogP contribution in [-0.4, -0.2) is 32.4 Å². The van der Waals surface area contributed by atoms with E-state index >= 15 is 0 Å². The van der Waals surface area contributed by atoms with Crippen LogP contribution in [0.4, 0.5) is 0 Å². The Kier molecular flexibility index (Phi) is 6.22. The molecule has 0 spiro atoms. The fourth-order valence-electron chi connectivity index (χ4n) is 3.36. The second kappa shape index (κ2) is 8.42. The quantitative estimate of drug-likeness (QED) is 0.731. The Labute approximate surface area is 160 Å². The minimum atomic E-state index is -3.52. The fraction of sp³-hybridized carbons (Fsp3) is 0.400. The molecule has 0 saturated carbocycles. The summed E-state index contributed by atoms with van der Waals surface area (Å²) in [6.07, 6.45) is 2.75. The predicted molar refractivity (Wildman–Crippen MR) is 104 cm³/mol. The Balaban J connectivity index is 1.65. The summed E-state index contributed by atoms with van der Waals surface area (Å²) in [6, 6.07) is 15.0. The molecule has 0 unspecified atom stereocenters. The van der Waals surface area contributed by atoms with Crippen molar-refractivity contribution in [2.24, 2.45) is 5.92 Å². The maximum absolute atomic E-state index is 12.9. The van der Waals surface area contributed by atoms with Gasteiger partial charge in [0.1, 0.15) is 5.75 Å². The van der Waals surface area contributed by atoms with Gasteiger partial charge in [-0.1, -0.05) is 41.9 Å². The SMILES string of the molecule is CCOc1ccc(S(=O)(=O)N2CCC(Cc3ccccc3)CC2)cc1Cl. The van der Waals surface area contributed by atoms with Crippen LogP contribution in [0.1, 0.15) is 25.3 Å². The summed E-state index contributed by atoms with van der Waals surface area (Å²) in [7, 11) is -3.52. The second-order valence-electron chi connectivity index (χ2n) is 6.56. The standard InChI is InChI=1S/C20H24ClNO3S/c1-2-25-20-9-8-18(15-19(20)21)26(23,24)22-12-10-17(11-13-22)14-16-6-4-3-5-7-16/h3-9,15,17H,2,10-14H2,1H3. The van der Waals surface area contributed by atoms with Gasteiger partial charge in [-0.15, -0.1) is 0 Å². The van der Waals surface area contributed by atoms with Crippen molar-refractivity contribution in [2.45, 2.75) is 31.1 Å². The highest BCUT2D eigenvalue weighted by atomic mass is 35.5. The molecule has 1 aliphatic heterocycles. The smallest absolute Gasteiger partial charge is 0.243 e. The van der Waals surface area contributed by atoms with Gasteiger partial charge in [0.15, 0.2) is 0 Å². The summed E-state index contributed by atoms with van der Waals surface area (Å²) in [5.41, 5.74) is 1.31. The van der Waals surface area contributed by atoms with E-state index < -0.39 is 10.0 Å². The molecular formula is C20H24ClNO3S. The number of ether oxygens (including phenoxy) is 1. The van der Waals surface area contributed by atoms with Gasteiger partial charge in [-0.3, -0.25) is 0 Å². The molecule has 0 atom stereocenters. The summed E-state index contributed by atoms with van der Waals surface area (Å²) in [6.45, 7) is 3.44. The van der Waals surface area contributed by atoms with Crippen molar-refractivity contribution >= 4 is 21.6 Å². The van der Waals surface area contributed by atoms with Crippen LogP contribution in [0.3, 0.4) is 0 Å². The van der Waals surface area contributed by atoms with Crippen molar-refractivity contribution in [1.82, 2.24) is 4.31 Å². The van der Waals surface area contributed by atoms with Gasteiger partial charge in [-0.25, -0.2) is 8.42 Å². The molecule has 1 heterocycles. The molecule has 0 aromatic heterocycles. The zero-order chi connectivity index (χ0) is 18.6. The Morgan fingerprint density at radius 2 is 1.81 bits per heavy atom. The monoisotopic (exact) mass is 393 g/mol. The average Bonchev–Trinajstić information content (AvgIpc) is 2.65. The van der Waals surface area contributed by atoms with Crippen LogP contribution in [0.2, 0.25) is 5.02 Å². The van der Waals surface area contributed by atoms with Crippen molar-refractivity contribution in [3.05, 3.63) is 59.1 Å². The van der Waals surface area contributed by atoms with E-state index in [1.54, 1.807) is 16.4 Å². The molecule has 0 radical (unpaired) electrons. The molecule has 0 N–H and O–H groups in total. The predicted octanol–water partition coefficient (Wildman–Crippen LogP) is 4.38. The number of hydrogen-bond donors (Lipinski definition) is 0.